The fraction of sp³-hybridized carbons (Fsp3) is 0.0417. The molecule has 0 radical (unpaired) electrons. The quantitative estimate of drug-likeness (QED) is 0.140. The third-order valence-electron chi connectivity index (χ3n) is 5.10. The standard InChI is InChI=1S/C24H13ClF3N3O5S/c25-14-5-7-15(8-6-14)30-22(33)17(21(32)29-23(30)37)12-13-11-16(31(34)35)9-10-19(13)36-20-4-2-1-3-18(20)24(26,27)28/h1-12H,(H,29,32,37)/b17-12+. The molecule has 13 heteroatoms. The van der Waals surface area contributed by atoms with Gasteiger partial charge in [-0.05, 0) is 60.8 Å². The van der Waals surface area contributed by atoms with Crippen molar-refractivity contribution in [2.24, 2.45) is 0 Å². The SMILES string of the molecule is O=C1NC(=S)N(c2ccc(Cl)cc2)C(=O)/C1=C/c1cc([N+](=O)[O-])ccc1Oc1ccccc1C(F)(F)F. The van der Waals surface area contributed by atoms with E-state index in [0.717, 1.165) is 41.3 Å². The molecule has 1 aliphatic heterocycles. The molecule has 1 aliphatic rings. The van der Waals surface area contributed by atoms with E-state index in [4.69, 9.17) is 28.6 Å². The molecular formula is C24H13ClF3N3O5S. The number of nitro groups is 1. The zero-order valence-electron chi connectivity index (χ0n) is 18.3. The van der Waals surface area contributed by atoms with Crippen LogP contribution in [0.3, 0.4) is 0 Å². The Hall–Kier alpha value is -4.29. The van der Waals surface area contributed by atoms with Crippen LogP contribution in [0.1, 0.15) is 11.1 Å². The number of rotatable bonds is 5. The van der Waals surface area contributed by atoms with Gasteiger partial charge in [-0.1, -0.05) is 23.7 Å². The highest BCUT2D eigenvalue weighted by molar-refractivity contribution is 7.80. The molecule has 188 valence electrons. The van der Waals surface area contributed by atoms with Crippen molar-refractivity contribution in [2.45, 2.75) is 6.18 Å². The highest BCUT2D eigenvalue weighted by Gasteiger charge is 2.36. The minimum absolute atomic E-state index is 0.187. The molecule has 3 aromatic carbocycles. The van der Waals surface area contributed by atoms with Crippen molar-refractivity contribution in [2.75, 3.05) is 4.90 Å². The molecule has 2 amide bonds. The summed E-state index contributed by atoms with van der Waals surface area (Å²) in [6, 6.07) is 13.4. The number of carbonyl (C=O) groups excluding carboxylic acids is 2. The van der Waals surface area contributed by atoms with Gasteiger partial charge in [-0.2, -0.15) is 13.2 Å². The van der Waals surface area contributed by atoms with Crippen LogP contribution < -0.4 is 15.0 Å². The highest BCUT2D eigenvalue weighted by atomic mass is 35.5. The van der Waals surface area contributed by atoms with Crippen molar-refractivity contribution >= 4 is 58.2 Å². The Morgan fingerprint density at radius 3 is 2.35 bits per heavy atom. The van der Waals surface area contributed by atoms with Crippen LogP contribution in [-0.4, -0.2) is 21.9 Å². The summed E-state index contributed by atoms with van der Waals surface area (Å²) < 4.78 is 45.8. The van der Waals surface area contributed by atoms with E-state index >= 15 is 0 Å². The van der Waals surface area contributed by atoms with E-state index in [1.165, 1.54) is 36.4 Å². The molecule has 1 saturated heterocycles. The Kier molecular flexibility index (Phi) is 6.96. The predicted molar refractivity (Wildman–Crippen MR) is 132 cm³/mol. The van der Waals surface area contributed by atoms with E-state index < -0.39 is 45.5 Å². The summed E-state index contributed by atoms with van der Waals surface area (Å²) in [5.41, 5.74) is -1.93. The summed E-state index contributed by atoms with van der Waals surface area (Å²) in [5, 5.41) is 13.9. The lowest BCUT2D eigenvalue weighted by atomic mass is 10.1. The van der Waals surface area contributed by atoms with Gasteiger partial charge >= 0.3 is 6.18 Å². The van der Waals surface area contributed by atoms with Crippen molar-refractivity contribution in [3.8, 4) is 11.5 Å². The van der Waals surface area contributed by atoms with E-state index in [1.54, 1.807) is 0 Å². The van der Waals surface area contributed by atoms with Crippen LogP contribution >= 0.6 is 23.8 Å². The number of para-hydroxylation sites is 1. The highest BCUT2D eigenvalue weighted by Crippen LogP contribution is 2.39. The van der Waals surface area contributed by atoms with Crippen molar-refractivity contribution < 1.29 is 32.4 Å². The summed E-state index contributed by atoms with van der Waals surface area (Å²) in [4.78, 5) is 37.5. The van der Waals surface area contributed by atoms with Crippen LogP contribution in [0.5, 0.6) is 11.5 Å². The number of nitro benzene ring substituents is 1. The van der Waals surface area contributed by atoms with E-state index in [0.29, 0.717) is 5.02 Å². The van der Waals surface area contributed by atoms with Gasteiger partial charge in [-0.25, -0.2) is 0 Å². The number of hydrogen-bond acceptors (Lipinski definition) is 6. The fourth-order valence-corrected chi connectivity index (χ4v) is 3.81. The molecule has 0 aliphatic carbocycles. The number of benzene rings is 3. The van der Waals surface area contributed by atoms with Crippen molar-refractivity contribution in [3.63, 3.8) is 0 Å². The molecule has 37 heavy (non-hydrogen) atoms. The number of ether oxygens (including phenoxy) is 1. The zero-order valence-corrected chi connectivity index (χ0v) is 19.9. The minimum atomic E-state index is -4.75. The predicted octanol–water partition coefficient (Wildman–Crippen LogP) is 5.89. The maximum Gasteiger partial charge on any atom is 0.419 e. The molecule has 1 heterocycles. The molecule has 1 fully saturated rings. The molecule has 0 saturated carbocycles. The monoisotopic (exact) mass is 547 g/mol. The number of nitrogens with one attached hydrogen (secondary N) is 1. The molecule has 0 aromatic heterocycles. The van der Waals surface area contributed by atoms with Gasteiger partial charge < -0.3 is 4.74 Å². The van der Waals surface area contributed by atoms with Crippen LogP contribution in [0, 0.1) is 10.1 Å². The Morgan fingerprint density at radius 2 is 1.70 bits per heavy atom. The Labute approximate surface area is 217 Å². The van der Waals surface area contributed by atoms with Gasteiger partial charge in [0.2, 0.25) is 0 Å². The van der Waals surface area contributed by atoms with Crippen LogP contribution in [0.4, 0.5) is 24.5 Å². The first kappa shape index (κ1) is 25.8. The largest absolute Gasteiger partial charge is 0.456 e. The van der Waals surface area contributed by atoms with Gasteiger partial charge in [0.25, 0.3) is 17.5 Å². The second-order valence-corrected chi connectivity index (χ2v) is 8.33. The average molecular weight is 548 g/mol. The summed E-state index contributed by atoms with van der Waals surface area (Å²) in [6.07, 6.45) is -3.76. The number of halogens is 4. The number of alkyl halides is 3. The number of carbonyl (C=O) groups is 2. The first-order valence-corrected chi connectivity index (χ1v) is 11.0. The molecule has 0 unspecified atom stereocenters. The van der Waals surface area contributed by atoms with Crippen molar-refractivity contribution in [1.82, 2.24) is 5.32 Å². The lowest BCUT2D eigenvalue weighted by Gasteiger charge is -2.29. The molecule has 0 spiro atoms. The van der Waals surface area contributed by atoms with Gasteiger partial charge in [0, 0.05) is 22.7 Å². The van der Waals surface area contributed by atoms with E-state index in [2.05, 4.69) is 5.32 Å². The van der Waals surface area contributed by atoms with Gasteiger partial charge in [0.05, 0.1) is 16.2 Å². The molecule has 0 bridgehead atoms. The number of thiocarbonyl (C=S) groups is 1. The zero-order chi connectivity index (χ0) is 26.9. The molecule has 3 aromatic rings. The van der Waals surface area contributed by atoms with Crippen molar-refractivity contribution in [1.29, 1.82) is 0 Å². The summed E-state index contributed by atoms with van der Waals surface area (Å²) in [5.74, 6) is -2.62. The van der Waals surface area contributed by atoms with Gasteiger partial charge in [0.1, 0.15) is 17.1 Å². The van der Waals surface area contributed by atoms with E-state index in [1.807, 2.05) is 0 Å². The number of hydrogen-bond donors (Lipinski definition) is 1. The lowest BCUT2D eigenvalue weighted by molar-refractivity contribution is -0.384. The van der Waals surface area contributed by atoms with Gasteiger partial charge in [-0.15, -0.1) is 0 Å². The molecular weight excluding hydrogens is 535 g/mol. The fourth-order valence-electron chi connectivity index (χ4n) is 3.40. The molecule has 1 N–H and O–H groups in total. The van der Waals surface area contributed by atoms with Crippen LogP contribution in [-0.2, 0) is 15.8 Å². The molecule has 4 rings (SSSR count). The summed E-state index contributed by atoms with van der Waals surface area (Å²) >= 11 is 11.0. The molecule has 8 nitrogen and oxygen atoms in total. The van der Waals surface area contributed by atoms with Crippen molar-refractivity contribution in [3.05, 3.63) is 98.6 Å². The Morgan fingerprint density at radius 1 is 1.03 bits per heavy atom. The first-order chi connectivity index (χ1) is 17.5. The van der Waals surface area contributed by atoms with Gasteiger partial charge in [-0.3, -0.25) is 29.9 Å². The third kappa shape index (κ3) is 5.44. The second-order valence-electron chi connectivity index (χ2n) is 7.51. The third-order valence-corrected chi connectivity index (χ3v) is 5.64. The van der Waals surface area contributed by atoms with Crippen LogP contribution in [0.15, 0.2) is 72.3 Å². The van der Waals surface area contributed by atoms with Crippen LogP contribution in [0.25, 0.3) is 6.08 Å². The maximum absolute atomic E-state index is 13.5. The van der Waals surface area contributed by atoms with E-state index in [-0.39, 0.29) is 22.1 Å². The smallest absolute Gasteiger partial charge is 0.419 e. The number of non-ortho nitro benzene ring substituents is 1. The summed E-state index contributed by atoms with van der Waals surface area (Å²) in [7, 11) is 0. The topological polar surface area (TPSA) is 102 Å². The molecule has 0 atom stereocenters. The lowest BCUT2D eigenvalue weighted by Crippen LogP contribution is -2.54. The normalized spacial score (nSPS) is 15.1. The Balaban J connectivity index is 1.81. The first-order valence-electron chi connectivity index (χ1n) is 10.3. The van der Waals surface area contributed by atoms with E-state index in [9.17, 15) is 32.9 Å². The number of nitrogens with zero attached hydrogens (tertiary/aromatic N) is 2. The van der Waals surface area contributed by atoms with Crippen LogP contribution in [0.2, 0.25) is 5.02 Å². The Bertz CT molecular complexity index is 1480. The average Bonchev–Trinajstić information content (AvgIpc) is 2.83. The summed E-state index contributed by atoms with van der Waals surface area (Å²) in [6.45, 7) is 0. The van der Waals surface area contributed by atoms with Gasteiger partial charge in [0.15, 0.2) is 5.11 Å². The second kappa shape index (κ2) is 9.99. The maximum atomic E-state index is 13.5. The number of anilines is 1. The minimum Gasteiger partial charge on any atom is -0.456 e. The number of amides is 2.